The van der Waals surface area contributed by atoms with Crippen LogP contribution in [0, 0.1) is 0 Å². The summed E-state index contributed by atoms with van der Waals surface area (Å²) in [4.78, 5) is 25.9. The summed E-state index contributed by atoms with van der Waals surface area (Å²) in [5.41, 5.74) is 9.56. The molecule has 4 aromatic heterocycles. The van der Waals surface area contributed by atoms with E-state index in [0.717, 1.165) is 52.6 Å². The topological polar surface area (TPSA) is 112 Å². The van der Waals surface area contributed by atoms with Gasteiger partial charge in [0.2, 0.25) is 0 Å². The van der Waals surface area contributed by atoms with Crippen LogP contribution in [0.5, 0.6) is 0 Å². The van der Waals surface area contributed by atoms with Crippen molar-refractivity contribution < 1.29 is 0 Å². The number of likely N-dealkylation sites (N-methyl/N-ethyl adjacent to an activating group) is 1. The van der Waals surface area contributed by atoms with Gasteiger partial charge in [-0.2, -0.15) is 0 Å². The predicted octanol–water partition coefficient (Wildman–Crippen LogP) is 3.14. The van der Waals surface area contributed by atoms with E-state index in [1.807, 2.05) is 24.4 Å². The Morgan fingerprint density at radius 3 is 2.73 bits per heavy atom. The Morgan fingerprint density at radius 2 is 1.94 bits per heavy atom. The van der Waals surface area contributed by atoms with Gasteiger partial charge in [-0.1, -0.05) is 6.07 Å². The SMILES string of the molecule is C[C@@H]1CN(c2cccc(CNc3ncnc4[nH]cc(-c5ccnc(N)c5)c34)n2)C[C@H](C)N1C. The van der Waals surface area contributed by atoms with E-state index in [1.165, 1.54) is 0 Å². The van der Waals surface area contributed by atoms with Crippen LogP contribution in [0.15, 0.2) is 49.1 Å². The molecule has 170 valence electrons. The van der Waals surface area contributed by atoms with Crippen LogP contribution in [0.2, 0.25) is 0 Å². The number of nitrogens with one attached hydrogen (secondary N) is 2. The largest absolute Gasteiger partial charge is 0.384 e. The van der Waals surface area contributed by atoms with Crippen LogP contribution in [-0.2, 0) is 6.54 Å². The number of piperazine rings is 1. The normalized spacial score (nSPS) is 19.2. The second kappa shape index (κ2) is 8.67. The summed E-state index contributed by atoms with van der Waals surface area (Å²) in [6.45, 7) is 7.03. The number of pyridine rings is 2. The van der Waals surface area contributed by atoms with Crippen LogP contribution in [0.25, 0.3) is 22.2 Å². The van der Waals surface area contributed by atoms with Crippen molar-refractivity contribution in [2.24, 2.45) is 0 Å². The minimum absolute atomic E-state index is 0.474. The Hall–Kier alpha value is -3.72. The lowest BCUT2D eigenvalue weighted by Gasteiger charge is -2.43. The third-order valence-corrected chi connectivity index (χ3v) is 6.47. The second-order valence-electron chi connectivity index (χ2n) is 8.73. The number of aromatic amines is 1. The first-order valence-electron chi connectivity index (χ1n) is 11.2. The summed E-state index contributed by atoms with van der Waals surface area (Å²) in [6, 6.07) is 11.0. The van der Waals surface area contributed by atoms with Crippen LogP contribution in [-0.4, -0.2) is 62.0 Å². The number of nitrogen functional groups attached to an aromatic ring is 1. The molecule has 0 aliphatic carbocycles. The molecule has 33 heavy (non-hydrogen) atoms. The number of aromatic nitrogens is 5. The molecule has 1 aliphatic rings. The van der Waals surface area contributed by atoms with E-state index >= 15 is 0 Å². The van der Waals surface area contributed by atoms with Crippen molar-refractivity contribution in [3.05, 3.63) is 54.7 Å². The second-order valence-corrected chi connectivity index (χ2v) is 8.73. The highest BCUT2D eigenvalue weighted by atomic mass is 15.3. The maximum atomic E-state index is 5.90. The highest BCUT2D eigenvalue weighted by molar-refractivity contribution is 6.01. The van der Waals surface area contributed by atoms with Gasteiger partial charge >= 0.3 is 0 Å². The third-order valence-electron chi connectivity index (χ3n) is 6.47. The molecule has 4 aromatic rings. The third kappa shape index (κ3) is 4.19. The van der Waals surface area contributed by atoms with E-state index in [1.54, 1.807) is 12.5 Å². The molecule has 5 heterocycles. The van der Waals surface area contributed by atoms with Gasteiger partial charge in [-0.25, -0.2) is 19.9 Å². The van der Waals surface area contributed by atoms with Gasteiger partial charge < -0.3 is 20.9 Å². The zero-order chi connectivity index (χ0) is 22.9. The molecule has 9 heteroatoms. The molecule has 0 amide bonds. The van der Waals surface area contributed by atoms with Gasteiger partial charge in [0.15, 0.2) is 0 Å². The van der Waals surface area contributed by atoms with Crippen LogP contribution < -0.4 is 16.0 Å². The summed E-state index contributed by atoms with van der Waals surface area (Å²) in [7, 11) is 2.19. The lowest BCUT2D eigenvalue weighted by Crippen LogP contribution is -2.55. The van der Waals surface area contributed by atoms with Crippen LogP contribution in [0.3, 0.4) is 0 Å². The van der Waals surface area contributed by atoms with Crippen molar-refractivity contribution in [3.63, 3.8) is 0 Å². The molecule has 2 atom stereocenters. The molecule has 1 saturated heterocycles. The highest BCUT2D eigenvalue weighted by Crippen LogP contribution is 2.32. The van der Waals surface area contributed by atoms with E-state index in [-0.39, 0.29) is 0 Å². The van der Waals surface area contributed by atoms with Gasteiger partial charge in [-0.3, -0.25) is 4.90 Å². The molecule has 1 fully saturated rings. The number of rotatable bonds is 5. The lowest BCUT2D eigenvalue weighted by atomic mass is 10.1. The summed E-state index contributed by atoms with van der Waals surface area (Å²) >= 11 is 0. The Balaban J connectivity index is 1.39. The van der Waals surface area contributed by atoms with Gasteiger partial charge in [0.05, 0.1) is 17.6 Å². The van der Waals surface area contributed by atoms with Crippen molar-refractivity contribution in [1.29, 1.82) is 0 Å². The van der Waals surface area contributed by atoms with Crippen LogP contribution >= 0.6 is 0 Å². The van der Waals surface area contributed by atoms with Gasteiger partial charge in [0.25, 0.3) is 0 Å². The highest BCUT2D eigenvalue weighted by Gasteiger charge is 2.27. The molecule has 0 unspecified atom stereocenters. The van der Waals surface area contributed by atoms with Gasteiger partial charge in [-0.15, -0.1) is 0 Å². The number of fused-ring (bicyclic) bond motifs is 1. The van der Waals surface area contributed by atoms with Crippen molar-refractivity contribution in [2.45, 2.75) is 32.5 Å². The number of anilines is 3. The van der Waals surface area contributed by atoms with E-state index in [9.17, 15) is 0 Å². The summed E-state index contributed by atoms with van der Waals surface area (Å²) in [6.07, 6.45) is 5.19. The molecule has 9 nitrogen and oxygen atoms in total. The van der Waals surface area contributed by atoms with Gasteiger partial charge in [0.1, 0.15) is 29.4 Å². The molecule has 4 N–H and O–H groups in total. The predicted molar refractivity (Wildman–Crippen MR) is 132 cm³/mol. The molecule has 0 spiro atoms. The smallest absolute Gasteiger partial charge is 0.143 e. The van der Waals surface area contributed by atoms with E-state index < -0.39 is 0 Å². The van der Waals surface area contributed by atoms with Crippen molar-refractivity contribution in [2.75, 3.05) is 36.1 Å². The first-order chi connectivity index (χ1) is 16.0. The summed E-state index contributed by atoms with van der Waals surface area (Å²) < 4.78 is 0. The molecule has 0 bridgehead atoms. The Kier molecular flexibility index (Phi) is 5.55. The fourth-order valence-corrected chi connectivity index (χ4v) is 4.45. The quantitative estimate of drug-likeness (QED) is 0.431. The first kappa shape index (κ1) is 21.1. The molecule has 0 saturated carbocycles. The Labute approximate surface area is 193 Å². The minimum atomic E-state index is 0.474. The molecular weight excluding hydrogens is 414 g/mol. The zero-order valence-electron chi connectivity index (χ0n) is 19.2. The Bertz CT molecular complexity index is 1260. The lowest BCUT2D eigenvalue weighted by molar-refractivity contribution is 0.169. The molecular formula is C24H29N9. The first-order valence-corrected chi connectivity index (χ1v) is 11.2. The van der Waals surface area contributed by atoms with Crippen LogP contribution in [0.1, 0.15) is 19.5 Å². The van der Waals surface area contributed by atoms with E-state index in [4.69, 9.17) is 10.7 Å². The van der Waals surface area contributed by atoms with Crippen molar-refractivity contribution >= 4 is 28.5 Å². The van der Waals surface area contributed by atoms with E-state index in [0.29, 0.717) is 24.4 Å². The molecule has 5 rings (SSSR count). The maximum absolute atomic E-state index is 5.90. The molecule has 1 aliphatic heterocycles. The fourth-order valence-electron chi connectivity index (χ4n) is 4.45. The monoisotopic (exact) mass is 443 g/mol. The number of hydrogen-bond donors (Lipinski definition) is 3. The number of nitrogens with zero attached hydrogens (tertiary/aromatic N) is 6. The van der Waals surface area contributed by atoms with Crippen molar-refractivity contribution in [1.82, 2.24) is 29.8 Å². The van der Waals surface area contributed by atoms with Gasteiger partial charge in [-0.05, 0) is 50.7 Å². The average Bonchev–Trinajstić information content (AvgIpc) is 3.26. The molecule has 0 aromatic carbocycles. The summed E-state index contributed by atoms with van der Waals surface area (Å²) in [5, 5.41) is 4.38. The average molecular weight is 444 g/mol. The van der Waals surface area contributed by atoms with Crippen molar-refractivity contribution in [3.8, 4) is 11.1 Å². The Morgan fingerprint density at radius 1 is 1.12 bits per heavy atom. The number of H-pyrrole nitrogens is 1. The standard InChI is InChI=1S/C24H29N9/c1-15-12-33(13-16(2)32(15)3)21-6-4-5-18(31-21)10-27-23-22-19(11-28-24(22)30-14-29-23)17-7-8-26-20(25)9-17/h4-9,11,14-16H,10,12-13H2,1-3H3,(H2,25,26)(H2,27,28,29,30)/t15-,16+. The number of hydrogen-bond acceptors (Lipinski definition) is 8. The van der Waals surface area contributed by atoms with E-state index in [2.05, 4.69) is 68.1 Å². The minimum Gasteiger partial charge on any atom is -0.384 e. The zero-order valence-corrected chi connectivity index (χ0v) is 19.2. The van der Waals surface area contributed by atoms with Gasteiger partial charge in [0, 0.05) is 43.1 Å². The number of nitrogens with two attached hydrogens (primary N) is 1. The van der Waals surface area contributed by atoms with Crippen LogP contribution in [0.4, 0.5) is 17.5 Å². The maximum Gasteiger partial charge on any atom is 0.143 e. The fraction of sp³-hybridized carbons (Fsp3) is 0.333. The summed E-state index contributed by atoms with van der Waals surface area (Å²) in [5.74, 6) is 2.24. The molecule has 0 radical (unpaired) electrons.